The van der Waals surface area contributed by atoms with E-state index in [9.17, 15) is 19.2 Å². The Balaban J connectivity index is 1.40. The fraction of sp³-hybridized carbons (Fsp3) is 0.143. The van der Waals surface area contributed by atoms with Gasteiger partial charge in [-0.15, -0.1) is 0 Å². The van der Waals surface area contributed by atoms with Crippen LogP contribution in [0.4, 0.5) is 11.4 Å². The average molecular weight is 720 g/mol. The Morgan fingerprint density at radius 1 is 0.875 bits per heavy atom. The van der Waals surface area contributed by atoms with E-state index < -0.39 is 23.0 Å². The van der Waals surface area contributed by atoms with Crippen molar-refractivity contribution in [2.24, 2.45) is 5.92 Å². The molecule has 7 nitrogen and oxygen atoms in total. The second kappa shape index (κ2) is 10.9. The number of thioether (sulfide) groups is 1. The van der Waals surface area contributed by atoms with Crippen molar-refractivity contribution < 1.29 is 14.4 Å². The normalized spacial score (nSPS) is 19.9. The average Bonchev–Trinajstić information content (AvgIpc) is 3.37. The van der Waals surface area contributed by atoms with Gasteiger partial charge < -0.3 is 5.32 Å². The minimum atomic E-state index is -0.753. The molecule has 1 aromatic heterocycles. The first-order valence-corrected chi connectivity index (χ1v) is 15.7. The number of nitrogens with one attached hydrogen (secondary N) is 1. The Labute approximate surface area is 258 Å². The zero-order valence-corrected chi connectivity index (χ0v) is 25.9. The molecule has 0 radical (unpaired) electrons. The summed E-state index contributed by atoms with van der Waals surface area (Å²) >= 11 is 15.0. The van der Waals surface area contributed by atoms with Crippen molar-refractivity contribution in [1.29, 1.82) is 0 Å². The standard InChI is InChI=1S/C28H18Br2ClN3O4S2/c29-15-3-1-14(2-4-15)21-22-23(26(37)34(25(22)36)19-11-5-16(30)6-12-19)39-27-24(21)40-28(38)33(27)13-20(35)32-18-9-7-17(31)8-10-18/h1-12,21-23H,13H2,(H,32,35)/t21-,22-,23+/m0/s1. The van der Waals surface area contributed by atoms with Crippen LogP contribution in [0.15, 0.2) is 91.6 Å². The number of thiazole rings is 1. The second-order valence-corrected chi connectivity index (χ2v) is 13.7. The van der Waals surface area contributed by atoms with Gasteiger partial charge in [0.25, 0.3) is 0 Å². The molecule has 2 aliphatic heterocycles. The van der Waals surface area contributed by atoms with Gasteiger partial charge in [-0.25, -0.2) is 4.90 Å². The van der Waals surface area contributed by atoms with Crippen LogP contribution < -0.4 is 15.1 Å². The quantitative estimate of drug-likeness (QED) is 0.238. The fourth-order valence-corrected chi connectivity index (χ4v) is 8.43. The largest absolute Gasteiger partial charge is 0.325 e. The fourth-order valence-electron chi connectivity index (χ4n) is 5.01. The lowest BCUT2D eigenvalue weighted by atomic mass is 9.83. The molecule has 0 unspecified atom stereocenters. The van der Waals surface area contributed by atoms with E-state index in [4.69, 9.17) is 11.6 Å². The van der Waals surface area contributed by atoms with E-state index in [2.05, 4.69) is 37.2 Å². The lowest BCUT2D eigenvalue weighted by molar-refractivity contribution is -0.122. The molecule has 1 N–H and O–H groups in total. The molecule has 0 aliphatic carbocycles. The Morgan fingerprint density at radius 3 is 2.15 bits per heavy atom. The number of amides is 3. The number of nitrogens with zero attached hydrogens (tertiary/aromatic N) is 2. The summed E-state index contributed by atoms with van der Waals surface area (Å²) < 4.78 is 3.10. The number of fused-ring (bicyclic) bond motifs is 2. The van der Waals surface area contributed by atoms with Gasteiger partial charge in [-0.05, 0) is 66.2 Å². The smallest absolute Gasteiger partial charge is 0.308 e. The van der Waals surface area contributed by atoms with Gasteiger partial charge in [0.05, 0.1) is 16.6 Å². The molecule has 0 spiro atoms. The molecule has 3 amide bonds. The Bertz CT molecular complexity index is 1710. The van der Waals surface area contributed by atoms with Crippen molar-refractivity contribution >= 4 is 95.7 Å². The van der Waals surface area contributed by atoms with E-state index >= 15 is 0 Å². The molecule has 3 atom stereocenters. The Kier molecular flexibility index (Phi) is 7.51. The van der Waals surface area contributed by atoms with Crippen LogP contribution in [-0.4, -0.2) is 27.5 Å². The Morgan fingerprint density at radius 2 is 1.50 bits per heavy atom. The van der Waals surface area contributed by atoms with Gasteiger partial charge in [0.1, 0.15) is 11.8 Å². The van der Waals surface area contributed by atoms with Gasteiger partial charge in [0.15, 0.2) is 0 Å². The molecule has 6 rings (SSSR count). The van der Waals surface area contributed by atoms with Crippen LogP contribution in [0.2, 0.25) is 5.02 Å². The number of carbonyl (C=O) groups is 3. The maximum Gasteiger partial charge on any atom is 0.308 e. The number of benzene rings is 3. The summed E-state index contributed by atoms with van der Waals surface area (Å²) in [6, 6.07) is 21.2. The summed E-state index contributed by atoms with van der Waals surface area (Å²) in [6.07, 6.45) is 0. The third kappa shape index (κ3) is 4.98. The molecule has 0 saturated carbocycles. The highest BCUT2D eigenvalue weighted by Gasteiger charge is 2.56. The summed E-state index contributed by atoms with van der Waals surface area (Å²) in [4.78, 5) is 55.5. The zero-order chi connectivity index (χ0) is 28.1. The van der Waals surface area contributed by atoms with Gasteiger partial charge >= 0.3 is 4.87 Å². The summed E-state index contributed by atoms with van der Waals surface area (Å²) in [5.74, 6) is -2.27. The molecule has 12 heteroatoms. The molecular weight excluding hydrogens is 702 g/mol. The summed E-state index contributed by atoms with van der Waals surface area (Å²) in [7, 11) is 0. The number of rotatable bonds is 5. The van der Waals surface area contributed by atoms with Gasteiger partial charge in [0, 0.05) is 30.5 Å². The summed E-state index contributed by atoms with van der Waals surface area (Å²) in [6.45, 7) is -0.233. The lowest BCUT2D eigenvalue weighted by Gasteiger charge is -2.30. The molecular formula is C28H18Br2ClN3O4S2. The van der Waals surface area contributed by atoms with Crippen LogP contribution in [0.1, 0.15) is 16.4 Å². The number of carbonyl (C=O) groups excluding carboxylic acids is 3. The van der Waals surface area contributed by atoms with Gasteiger partial charge in [-0.3, -0.25) is 23.7 Å². The summed E-state index contributed by atoms with van der Waals surface area (Å²) in [5.41, 5.74) is 1.86. The van der Waals surface area contributed by atoms with Crippen LogP contribution >= 0.6 is 66.6 Å². The number of anilines is 2. The van der Waals surface area contributed by atoms with Gasteiger partial charge in [-0.1, -0.05) is 78.7 Å². The van der Waals surface area contributed by atoms with Crippen molar-refractivity contribution in [2.45, 2.75) is 22.7 Å². The van der Waals surface area contributed by atoms with Crippen LogP contribution in [0.3, 0.4) is 0 Å². The van der Waals surface area contributed by atoms with Crippen LogP contribution in [-0.2, 0) is 20.9 Å². The molecule has 3 aromatic carbocycles. The first-order chi connectivity index (χ1) is 19.2. The lowest BCUT2D eigenvalue weighted by Crippen LogP contribution is -2.33. The van der Waals surface area contributed by atoms with Crippen molar-refractivity contribution in [1.82, 2.24) is 4.57 Å². The third-order valence-electron chi connectivity index (χ3n) is 6.79. The van der Waals surface area contributed by atoms with E-state index in [1.807, 2.05) is 24.3 Å². The van der Waals surface area contributed by atoms with Crippen molar-refractivity contribution in [3.63, 3.8) is 0 Å². The molecule has 40 heavy (non-hydrogen) atoms. The monoisotopic (exact) mass is 717 g/mol. The first kappa shape index (κ1) is 27.5. The van der Waals surface area contributed by atoms with Crippen molar-refractivity contribution in [3.05, 3.63) is 107 Å². The molecule has 1 fully saturated rings. The van der Waals surface area contributed by atoms with E-state index in [0.29, 0.717) is 26.3 Å². The highest BCUT2D eigenvalue weighted by Crippen LogP contribution is 2.54. The van der Waals surface area contributed by atoms with Crippen LogP contribution in [0.25, 0.3) is 0 Å². The summed E-state index contributed by atoms with van der Waals surface area (Å²) in [5, 5.41) is 3.11. The number of hydrogen-bond donors (Lipinski definition) is 1. The minimum absolute atomic E-state index is 0.233. The molecule has 202 valence electrons. The first-order valence-electron chi connectivity index (χ1n) is 12.1. The Hall–Kier alpha value is -2.70. The minimum Gasteiger partial charge on any atom is -0.325 e. The van der Waals surface area contributed by atoms with E-state index in [1.54, 1.807) is 48.5 Å². The van der Waals surface area contributed by atoms with E-state index in [0.717, 1.165) is 25.8 Å². The van der Waals surface area contributed by atoms with E-state index in [-0.39, 0.29) is 23.2 Å². The SMILES string of the molecule is O=C(Cn1c2c(sc1=O)[C@@H](c1ccc(Br)cc1)[C@@H]1C(=O)N(c3ccc(Br)cc3)C(=O)[C@@H]1S2)Nc1ccc(Cl)cc1. The molecule has 4 aromatic rings. The predicted octanol–water partition coefficient (Wildman–Crippen LogP) is 6.52. The second-order valence-electron chi connectivity index (χ2n) is 9.26. The molecule has 2 aliphatic rings. The number of aromatic nitrogens is 1. The molecule has 1 saturated heterocycles. The van der Waals surface area contributed by atoms with Crippen molar-refractivity contribution in [3.8, 4) is 0 Å². The highest BCUT2D eigenvalue weighted by molar-refractivity contribution is 9.10. The van der Waals surface area contributed by atoms with E-state index in [1.165, 1.54) is 21.2 Å². The van der Waals surface area contributed by atoms with Crippen molar-refractivity contribution in [2.75, 3.05) is 10.2 Å². The van der Waals surface area contributed by atoms with Crippen LogP contribution in [0, 0.1) is 5.92 Å². The van der Waals surface area contributed by atoms with Gasteiger partial charge in [0.2, 0.25) is 17.7 Å². The maximum atomic E-state index is 13.9. The zero-order valence-electron chi connectivity index (χ0n) is 20.3. The number of halogens is 3. The van der Waals surface area contributed by atoms with Gasteiger partial charge in [-0.2, -0.15) is 0 Å². The molecule has 0 bridgehead atoms. The maximum absolute atomic E-state index is 13.9. The highest BCUT2D eigenvalue weighted by atomic mass is 79.9. The molecule has 3 heterocycles. The number of imide groups is 1. The predicted molar refractivity (Wildman–Crippen MR) is 164 cm³/mol. The van der Waals surface area contributed by atoms with Crippen LogP contribution in [0.5, 0.6) is 0 Å². The number of hydrogen-bond acceptors (Lipinski definition) is 6. The third-order valence-corrected chi connectivity index (χ3v) is 10.7. The topological polar surface area (TPSA) is 88.5 Å².